The van der Waals surface area contributed by atoms with Crippen molar-refractivity contribution < 1.29 is 4.79 Å². The van der Waals surface area contributed by atoms with Gasteiger partial charge in [0.05, 0.1) is 5.69 Å². The van der Waals surface area contributed by atoms with Gasteiger partial charge in [0.25, 0.3) is 0 Å². The quantitative estimate of drug-likeness (QED) is 0.505. The van der Waals surface area contributed by atoms with Gasteiger partial charge in [-0.3, -0.25) is 14.4 Å². The van der Waals surface area contributed by atoms with Gasteiger partial charge in [0.15, 0.2) is 5.82 Å². The van der Waals surface area contributed by atoms with E-state index in [-0.39, 0.29) is 5.91 Å². The normalized spacial score (nSPS) is 15.4. The van der Waals surface area contributed by atoms with Gasteiger partial charge in [-0.15, -0.1) is 0 Å². The number of carbonyl (C=O) groups excluding carboxylic acids is 1. The number of fused-ring (bicyclic) bond motifs is 1. The Labute approximate surface area is 168 Å². The van der Waals surface area contributed by atoms with Crippen LogP contribution in [0.3, 0.4) is 0 Å². The summed E-state index contributed by atoms with van der Waals surface area (Å²) in [6, 6.07) is 4.38. The molecule has 2 aromatic rings. The number of aromatic nitrogens is 2. The molecule has 5 heteroatoms. The van der Waals surface area contributed by atoms with Gasteiger partial charge in [-0.1, -0.05) is 5.92 Å². The first-order chi connectivity index (χ1) is 12.5. The van der Waals surface area contributed by atoms with Gasteiger partial charge >= 0.3 is 5.91 Å². The number of hydrogen-bond donors (Lipinski definition) is 0. The highest BCUT2D eigenvalue weighted by atomic mass is 127. The van der Waals surface area contributed by atoms with Gasteiger partial charge in [-0.2, -0.15) is 5.10 Å². The highest BCUT2D eigenvalue weighted by molar-refractivity contribution is 14.1. The van der Waals surface area contributed by atoms with Crippen molar-refractivity contribution in [2.45, 2.75) is 51.9 Å². The molecule has 2 aliphatic rings. The van der Waals surface area contributed by atoms with Crippen molar-refractivity contribution in [2.24, 2.45) is 7.05 Å². The minimum atomic E-state index is -0.192. The van der Waals surface area contributed by atoms with Crippen LogP contribution in [0.25, 0.3) is 0 Å². The molecule has 4 nitrogen and oxygen atoms in total. The number of halogens is 1. The van der Waals surface area contributed by atoms with Gasteiger partial charge in [-0.05, 0) is 104 Å². The molecular formula is C21H22IN3O. The fraction of sp³-hybridized carbons (Fsp3) is 0.429. The molecule has 1 saturated carbocycles. The number of nitrogens with zero attached hydrogens (tertiary/aromatic N) is 3. The second-order valence-electron chi connectivity index (χ2n) is 7.18. The lowest BCUT2D eigenvalue weighted by atomic mass is 10.0. The Morgan fingerprint density at radius 1 is 1.35 bits per heavy atom. The molecule has 0 aliphatic heterocycles. The molecule has 0 spiro atoms. The van der Waals surface area contributed by atoms with Crippen LogP contribution < -0.4 is 4.90 Å². The molecule has 0 N–H and O–H groups in total. The van der Waals surface area contributed by atoms with E-state index in [9.17, 15) is 4.79 Å². The molecule has 0 saturated heterocycles. The largest absolute Gasteiger partial charge is 0.308 e. The van der Waals surface area contributed by atoms with E-state index in [1.54, 1.807) is 11.8 Å². The molecule has 0 radical (unpaired) electrons. The second kappa shape index (κ2) is 6.73. The minimum absolute atomic E-state index is 0.192. The molecule has 1 aromatic carbocycles. The predicted molar refractivity (Wildman–Crippen MR) is 112 cm³/mol. The maximum atomic E-state index is 13.0. The number of carbonyl (C=O) groups is 1. The van der Waals surface area contributed by atoms with Crippen LogP contribution in [-0.2, 0) is 24.7 Å². The third-order valence-electron chi connectivity index (χ3n) is 5.31. The molecule has 4 rings (SSSR count). The fourth-order valence-electron chi connectivity index (χ4n) is 3.85. The first-order valence-corrected chi connectivity index (χ1v) is 10.2. The summed E-state index contributed by atoms with van der Waals surface area (Å²) >= 11 is 2.38. The van der Waals surface area contributed by atoms with Gasteiger partial charge in [-0.25, -0.2) is 0 Å². The zero-order valence-electron chi connectivity index (χ0n) is 15.4. The number of amides is 1. The maximum Gasteiger partial charge on any atom is 0.308 e. The highest BCUT2D eigenvalue weighted by Gasteiger charge is 2.34. The van der Waals surface area contributed by atoms with Crippen molar-refractivity contribution >= 4 is 40.0 Å². The van der Waals surface area contributed by atoms with Gasteiger partial charge in [0.1, 0.15) is 0 Å². The molecule has 1 heterocycles. The second-order valence-corrected chi connectivity index (χ2v) is 8.34. The average Bonchev–Trinajstić information content (AvgIpc) is 3.24. The van der Waals surface area contributed by atoms with E-state index in [0.29, 0.717) is 5.92 Å². The molecule has 0 atom stereocenters. The summed E-state index contributed by atoms with van der Waals surface area (Å²) in [5, 5.41) is 4.74. The molecule has 0 unspecified atom stereocenters. The van der Waals surface area contributed by atoms with Crippen LogP contribution in [0, 0.1) is 22.3 Å². The topological polar surface area (TPSA) is 38.1 Å². The summed E-state index contributed by atoms with van der Waals surface area (Å²) in [7, 11) is 1.97. The van der Waals surface area contributed by atoms with Crippen LogP contribution in [0.5, 0.6) is 0 Å². The summed E-state index contributed by atoms with van der Waals surface area (Å²) in [5.74, 6) is 6.65. The average molecular weight is 459 g/mol. The number of benzene rings is 1. The predicted octanol–water partition coefficient (Wildman–Crippen LogP) is 4.39. The van der Waals surface area contributed by atoms with Crippen molar-refractivity contribution in [1.82, 2.24) is 9.78 Å². The number of anilines is 2. The lowest BCUT2D eigenvalue weighted by Gasteiger charge is -2.23. The van der Waals surface area contributed by atoms with Crippen molar-refractivity contribution in [3.8, 4) is 11.8 Å². The number of hydrogen-bond acceptors (Lipinski definition) is 2. The SMILES string of the molecule is CC#CC(=O)N(c1cc(C)c(I)cc1C1CC1)c1nn(C)c2c1CCC2. The Balaban J connectivity index is 1.93. The Morgan fingerprint density at radius 3 is 2.81 bits per heavy atom. The molecular weight excluding hydrogens is 437 g/mol. The summed E-state index contributed by atoms with van der Waals surface area (Å²) in [6.45, 7) is 3.80. The summed E-state index contributed by atoms with van der Waals surface area (Å²) in [5.41, 5.74) is 5.85. The van der Waals surface area contributed by atoms with Crippen molar-refractivity contribution in [3.63, 3.8) is 0 Å². The first-order valence-electron chi connectivity index (χ1n) is 9.13. The molecule has 1 fully saturated rings. The number of aryl methyl sites for hydroxylation is 2. The first kappa shape index (κ1) is 17.6. The summed E-state index contributed by atoms with van der Waals surface area (Å²) in [6.07, 6.45) is 5.50. The van der Waals surface area contributed by atoms with Crippen molar-refractivity contribution in [2.75, 3.05) is 4.90 Å². The Kier molecular flexibility index (Phi) is 4.55. The van der Waals surface area contributed by atoms with Crippen LogP contribution in [0.1, 0.15) is 54.5 Å². The van der Waals surface area contributed by atoms with Crippen LogP contribution >= 0.6 is 22.6 Å². The molecule has 1 amide bonds. The van der Waals surface area contributed by atoms with E-state index in [4.69, 9.17) is 5.10 Å². The van der Waals surface area contributed by atoms with Crippen LogP contribution in [0.4, 0.5) is 11.5 Å². The summed E-state index contributed by atoms with van der Waals surface area (Å²) < 4.78 is 3.18. The smallest absolute Gasteiger partial charge is 0.270 e. The van der Waals surface area contributed by atoms with E-state index in [0.717, 1.165) is 30.8 Å². The standard InChI is InChI=1S/C21H22IN3O/c1-4-6-20(26)25(21-15-7-5-8-18(15)24(3)23-21)19-11-13(2)17(22)12-16(19)14-9-10-14/h11-12,14H,5,7-10H2,1-3H3. The molecule has 134 valence electrons. The van der Waals surface area contributed by atoms with Crippen LogP contribution in [0.15, 0.2) is 12.1 Å². The van der Waals surface area contributed by atoms with E-state index >= 15 is 0 Å². The molecule has 26 heavy (non-hydrogen) atoms. The van der Waals surface area contributed by atoms with Crippen LogP contribution in [0.2, 0.25) is 0 Å². The lowest BCUT2D eigenvalue weighted by Crippen LogP contribution is -2.27. The van der Waals surface area contributed by atoms with E-state index in [1.165, 1.54) is 38.8 Å². The Bertz CT molecular complexity index is 960. The van der Waals surface area contributed by atoms with E-state index in [1.807, 2.05) is 11.7 Å². The van der Waals surface area contributed by atoms with Crippen LogP contribution in [-0.4, -0.2) is 15.7 Å². The fourth-order valence-corrected chi connectivity index (χ4v) is 4.34. The maximum absolute atomic E-state index is 13.0. The monoisotopic (exact) mass is 459 g/mol. The molecule has 0 bridgehead atoms. The Hall–Kier alpha value is -1.81. The Morgan fingerprint density at radius 2 is 2.12 bits per heavy atom. The third-order valence-corrected chi connectivity index (χ3v) is 6.47. The van der Waals surface area contributed by atoms with Crippen molar-refractivity contribution in [3.05, 3.63) is 38.1 Å². The number of rotatable bonds is 3. The molecule has 1 aromatic heterocycles. The third kappa shape index (κ3) is 2.94. The van der Waals surface area contributed by atoms with Gasteiger partial charge in [0.2, 0.25) is 0 Å². The zero-order chi connectivity index (χ0) is 18.4. The van der Waals surface area contributed by atoms with E-state index in [2.05, 4.69) is 53.5 Å². The minimum Gasteiger partial charge on any atom is -0.270 e. The van der Waals surface area contributed by atoms with Gasteiger partial charge < -0.3 is 0 Å². The zero-order valence-corrected chi connectivity index (χ0v) is 17.6. The van der Waals surface area contributed by atoms with Gasteiger partial charge in [0, 0.05) is 21.9 Å². The molecule has 2 aliphatic carbocycles. The van der Waals surface area contributed by atoms with Crippen molar-refractivity contribution in [1.29, 1.82) is 0 Å². The van der Waals surface area contributed by atoms with E-state index < -0.39 is 0 Å². The summed E-state index contributed by atoms with van der Waals surface area (Å²) in [4.78, 5) is 14.8. The lowest BCUT2D eigenvalue weighted by molar-refractivity contribution is -0.112. The highest BCUT2D eigenvalue weighted by Crippen LogP contribution is 2.47.